The molecule has 0 aliphatic carbocycles. The van der Waals surface area contributed by atoms with Crippen molar-refractivity contribution < 1.29 is 19.1 Å². The van der Waals surface area contributed by atoms with Crippen LogP contribution in [0.2, 0.25) is 0 Å². The molecule has 0 fully saturated rings. The second-order valence-electron chi connectivity index (χ2n) is 3.62. The van der Waals surface area contributed by atoms with Gasteiger partial charge >= 0.3 is 12.1 Å². The van der Waals surface area contributed by atoms with Gasteiger partial charge in [0.2, 0.25) is 0 Å². The summed E-state index contributed by atoms with van der Waals surface area (Å²) < 4.78 is 9.39. The van der Waals surface area contributed by atoms with Crippen molar-refractivity contribution >= 4 is 17.9 Å². The summed E-state index contributed by atoms with van der Waals surface area (Å²) in [5.74, 6) is 1.54. The molecule has 0 saturated heterocycles. The van der Waals surface area contributed by atoms with E-state index in [1.54, 1.807) is 27.7 Å². The molecule has 0 radical (unpaired) electrons. The highest BCUT2D eigenvalue weighted by Crippen LogP contribution is 2.06. The molecule has 0 rings (SSSR count). The first kappa shape index (κ1) is 13.4. The summed E-state index contributed by atoms with van der Waals surface area (Å²) in [6.45, 7) is 7.10. The molecule has 0 aromatic rings. The second kappa shape index (κ2) is 5.98. The van der Waals surface area contributed by atoms with Gasteiger partial charge in [0.05, 0.1) is 12.7 Å². The van der Waals surface area contributed by atoms with Crippen LogP contribution in [0.5, 0.6) is 0 Å². The van der Waals surface area contributed by atoms with E-state index in [4.69, 9.17) is 4.74 Å². The quantitative estimate of drug-likeness (QED) is 0.398. The van der Waals surface area contributed by atoms with Gasteiger partial charge in [0.25, 0.3) is 0 Å². The van der Waals surface area contributed by atoms with Crippen LogP contribution in [0.4, 0.5) is 4.79 Å². The number of hydrogen-bond acceptors (Lipinski definition) is 4. The third kappa shape index (κ3) is 8.71. The number of ether oxygens (including phenoxy) is 2. The van der Waals surface area contributed by atoms with E-state index in [-0.39, 0.29) is 6.61 Å². The smallest absolute Gasteiger partial charge is 0.441 e. The summed E-state index contributed by atoms with van der Waals surface area (Å²) in [4.78, 5) is 24.9. The maximum atomic E-state index is 11.0. The molecular weight excluding hydrogens is 198 g/mol. The zero-order valence-electron chi connectivity index (χ0n) is 9.36. The van der Waals surface area contributed by atoms with Gasteiger partial charge in [-0.05, 0) is 27.7 Å². The molecule has 0 N–H and O–H groups in total. The lowest BCUT2D eigenvalue weighted by molar-refractivity contribution is -0.148. The normalized spacial score (nSPS) is 9.87. The SMILES string of the molecule is CCOC(=O)N=C=CC(=O)OC(C)(C)C. The average Bonchev–Trinajstić information content (AvgIpc) is 2.00. The average molecular weight is 213 g/mol. The molecule has 15 heavy (non-hydrogen) atoms. The van der Waals surface area contributed by atoms with Gasteiger partial charge < -0.3 is 9.47 Å². The first-order valence-corrected chi connectivity index (χ1v) is 4.54. The highest BCUT2D eigenvalue weighted by molar-refractivity contribution is 5.93. The summed E-state index contributed by atoms with van der Waals surface area (Å²) in [5.41, 5.74) is -0.570. The maximum Gasteiger partial charge on any atom is 0.441 e. The number of nitrogens with zero attached hydrogens (tertiary/aromatic N) is 1. The van der Waals surface area contributed by atoms with Crippen molar-refractivity contribution in [3.63, 3.8) is 0 Å². The predicted octanol–water partition coefficient (Wildman–Crippen LogP) is 1.71. The fourth-order valence-corrected chi connectivity index (χ4v) is 0.625. The van der Waals surface area contributed by atoms with E-state index in [2.05, 4.69) is 15.6 Å². The van der Waals surface area contributed by atoms with E-state index in [0.29, 0.717) is 0 Å². The van der Waals surface area contributed by atoms with Crippen LogP contribution in [-0.4, -0.2) is 30.1 Å². The molecule has 0 bridgehead atoms. The molecule has 0 aliphatic heterocycles. The van der Waals surface area contributed by atoms with Gasteiger partial charge in [-0.1, -0.05) is 0 Å². The standard InChI is InChI=1S/C10H15NO4/c1-5-14-9(13)11-7-6-8(12)15-10(2,3)4/h6H,5H2,1-4H3. The van der Waals surface area contributed by atoms with Gasteiger partial charge in [0.15, 0.2) is 0 Å². The fourth-order valence-electron chi connectivity index (χ4n) is 0.625. The van der Waals surface area contributed by atoms with E-state index >= 15 is 0 Å². The molecule has 1 amide bonds. The van der Waals surface area contributed by atoms with E-state index in [1.165, 1.54) is 0 Å². The lowest BCUT2D eigenvalue weighted by atomic mass is 10.2. The van der Waals surface area contributed by atoms with Crippen LogP contribution in [0.15, 0.2) is 11.1 Å². The molecule has 0 saturated carbocycles. The largest absolute Gasteiger partial charge is 0.456 e. The van der Waals surface area contributed by atoms with E-state index in [1.807, 2.05) is 0 Å². The molecular formula is C10H15NO4. The topological polar surface area (TPSA) is 65.0 Å². The minimum Gasteiger partial charge on any atom is -0.456 e. The number of carbonyl (C=O) groups is 2. The lowest BCUT2D eigenvalue weighted by Crippen LogP contribution is -2.22. The van der Waals surface area contributed by atoms with E-state index < -0.39 is 17.7 Å². The third-order valence-electron chi connectivity index (χ3n) is 1.01. The second-order valence-corrected chi connectivity index (χ2v) is 3.62. The van der Waals surface area contributed by atoms with Gasteiger partial charge in [-0.25, -0.2) is 9.59 Å². The molecule has 0 aromatic heterocycles. The van der Waals surface area contributed by atoms with E-state index in [9.17, 15) is 9.59 Å². The number of carbonyl (C=O) groups excluding carboxylic acids is 2. The van der Waals surface area contributed by atoms with Crippen molar-refractivity contribution in [1.29, 1.82) is 0 Å². The fraction of sp³-hybridized carbons (Fsp3) is 0.600. The van der Waals surface area contributed by atoms with Gasteiger partial charge in [0.1, 0.15) is 5.60 Å². The Balaban J connectivity index is 4.17. The van der Waals surface area contributed by atoms with Crippen LogP contribution in [0.25, 0.3) is 0 Å². The Labute approximate surface area is 88.8 Å². The minimum atomic E-state index is -0.780. The van der Waals surface area contributed by atoms with Crippen LogP contribution in [0, 0.1) is 0 Å². The van der Waals surface area contributed by atoms with Crippen LogP contribution in [-0.2, 0) is 14.3 Å². The number of esters is 1. The van der Waals surface area contributed by atoms with Crippen LogP contribution >= 0.6 is 0 Å². The first-order valence-electron chi connectivity index (χ1n) is 4.54. The lowest BCUT2D eigenvalue weighted by Gasteiger charge is -2.17. The van der Waals surface area contributed by atoms with Crippen LogP contribution in [0.1, 0.15) is 27.7 Å². The zero-order chi connectivity index (χ0) is 11.9. The Morgan fingerprint density at radius 2 is 2.00 bits per heavy atom. The van der Waals surface area contributed by atoms with Crippen LogP contribution < -0.4 is 0 Å². The number of rotatable bonds is 2. The number of amides is 1. The van der Waals surface area contributed by atoms with Crippen molar-refractivity contribution in [2.24, 2.45) is 4.99 Å². The Hall–Kier alpha value is -1.61. The Kier molecular flexibility index (Phi) is 5.34. The maximum absolute atomic E-state index is 11.0. The monoisotopic (exact) mass is 213 g/mol. The Bertz CT molecular complexity index is 295. The summed E-state index contributed by atoms with van der Waals surface area (Å²) in [6.07, 6.45) is 0.166. The molecule has 0 unspecified atom stereocenters. The molecule has 0 spiro atoms. The van der Waals surface area contributed by atoms with Crippen molar-refractivity contribution in [3.8, 4) is 0 Å². The van der Waals surface area contributed by atoms with Crippen molar-refractivity contribution in [2.75, 3.05) is 6.61 Å². The third-order valence-corrected chi connectivity index (χ3v) is 1.01. The van der Waals surface area contributed by atoms with Gasteiger partial charge in [0, 0.05) is 5.87 Å². The molecule has 0 atom stereocenters. The summed E-state index contributed by atoms with van der Waals surface area (Å²) in [6, 6.07) is 0. The van der Waals surface area contributed by atoms with Crippen molar-refractivity contribution in [3.05, 3.63) is 6.08 Å². The Morgan fingerprint density at radius 3 is 2.47 bits per heavy atom. The van der Waals surface area contributed by atoms with E-state index in [0.717, 1.165) is 6.08 Å². The molecule has 5 heteroatoms. The summed E-state index contributed by atoms with van der Waals surface area (Å²) >= 11 is 0. The molecule has 5 nitrogen and oxygen atoms in total. The summed E-state index contributed by atoms with van der Waals surface area (Å²) in [5, 5.41) is 0. The Morgan fingerprint density at radius 1 is 1.40 bits per heavy atom. The van der Waals surface area contributed by atoms with Crippen molar-refractivity contribution in [2.45, 2.75) is 33.3 Å². The van der Waals surface area contributed by atoms with Gasteiger partial charge in [-0.3, -0.25) is 0 Å². The van der Waals surface area contributed by atoms with Crippen molar-refractivity contribution in [1.82, 2.24) is 0 Å². The summed E-state index contributed by atoms with van der Waals surface area (Å²) in [7, 11) is 0. The molecule has 0 aromatic carbocycles. The molecule has 0 heterocycles. The van der Waals surface area contributed by atoms with Crippen LogP contribution in [0.3, 0.4) is 0 Å². The first-order chi connectivity index (χ1) is 6.85. The predicted molar refractivity (Wildman–Crippen MR) is 54.9 cm³/mol. The van der Waals surface area contributed by atoms with Gasteiger partial charge in [-0.2, -0.15) is 0 Å². The van der Waals surface area contributed by atoms with Gasteiger partial charge in [-0.15, -0.1) is 4.99 Å². The minimum absolute atomic E-state index is 0.233. The number of hydrogen-bond donors (Lipinski definition) is 0. The highest BCUT2D eigenvalue weighted by atomic mass is 16.6. The molecule has 0 aliphatic rings. The number of aliphatic imine (C=N–C) groups is 1. The zero-order valence-corrected chi connectivity index (χ0v) is 9.36. The highest BCUT2D eigenvalue weighted by Gasteiger charge is 2.13. The molecule has 84 valence electrons.